The molecule has 0 aliphatic carbocycles. The SMILES string of the molecule is C=C(/C=C(\C)O)n1ccnc1C. The zero-order chi connectivity index (χ0) is 9.14. The first kappa shape index (κ1) is 8.59. The molecule has 0 bridgehead atoms. The van der Waals surface area contributed by atoms with Crippen molar-refractivity contribution >= 4 is 5.70 Å². The van der Waals surface area contributed by atoms with Gasteiger partial charge in [0.2, 0.25) is 0 Å². The summed E-state index contributed by atoms with van der Waals surface area (Å²) in [5.41, 5.74) is 0.713. The number of aliphatic hydroxyl groups excluding tert-OH is 1. The summed E-state index contributed by atoms with van der Waals surface area (Å²) in [5, 5.41) is 8.98. The summed E-state index contributed by atoms with van der Waals surface area (Å²) in [7, 11) is 0. The van der Waals surface area contributed by atoms with E-state index >= 15 is 0 Å². The molecule has 0 aliphatic heterocycles. The maximum atomic E-state index is 8.98. The summed E-state index contributed by atoms with van der Waals surface area (Å²) in [6.45, 7) is 7.27. The number of rotatable bonds is 2. The van der Waals surface area contributed by atoms with E-state index < -0.39 is 0 Å². The highest BCUT2D eigenvalue weighted by Gasteiger charge is 1.97. The summed E-state index contributed by atoms with van der Waals surface area (Å²) in [6, 6.07) is 0. The van der Waals surface area contributed by atoms with E-state index in [0.29, 0.717) is 5.70 Å². The van der Waals surface area contributed by atoms with E-state index in [1.54, 1.807) is 30.0 Å². The molecule has 0 saturated heterocycles. The van der Waals surface area contributed by atoms with E-state index in [1.165, 1.54) is 0 Å². The first-order valence-corrected chi connectivity index (χ1v) is 3.68. The number of aromatic nitrogens is 2. The molecule has 0 atom stereocenters. The van der Waals surface area contributed by atoms with Crippen LogP contribution in [-0.4, -0.2) is 14.7 Å². The van der Waals surface area contributed by atoms with Crippen LogP contribution in [-0.2, 0) is 0 Å². The van der Waals surface area contributed by atoms with E-state index in [2.05, 4.69) is 11.6 Å². The summed E-state index contributed by atoms with van der Waals surface area (Å²) in [4.78, 5) is 4.04. The molecular weight excluding hydrogens is 152 g/mol. The van der Waals surface area contributed by atoms with Crippen LogP contribution in [0.25, 0.3) is 5.70 Å². The molecule has 64 valence electrons. The number of hydrogen-bond donors (Lipinski definition) is 1. The number of imidazole rings is 1. The highest BCUT2D eigenvalue weighted by molar-refractivity contribution is 5.55. The fraction of sp³-hybridized carbons (Fsp3) is 0.222. The third kappa shape index (κ3) is 1.75. The minimum absolute atomic E-state index is 0.244. The molecule has 0 saturated carbocycles. The number of nitrogens with zero attached hydrogens (tertiary/aromatic N) is 2. The van der Waals surface area contributed by atoms with Gasteiger partial charge in [0.05, 0.1) is 5.76 Å². The first-order valence-electron chi connectivity index (χ1n) is 3.68. The lowest BCUT2D eigenvalue weighted by Crippen LogP contribution is -1.95. The van der Waals surface area contributed by atoms with Gasteiger partial charge in [0, 0.05) is 18.1 Å². The fourth-order valence-electron chi connectivity index (χ4n) is 0.992. The highest BCUT2D eigenvalue weighted by Crippen LogP contribution is 2.07. The van der Waals surface area contributed by atoms with Crippen LogP contribution in [0.2, 0.25) is 0 Å². The zero-order valence-electron chi connectivity index (χ0n) is 7.28. The van der Waals surface area contributed by atoms with Gasteiger partial charge in [0.1, 0.15) is 5.82 Å². The number of allylic oxidation sites excluding steroid dienone is 3. The average Bonchev–Trinajstić information content (AvgIpc) is 2.33. The van der Waals surface area contributed by atoms with Crippen LogP contribution in [0, 0.1) is 6.92 Å². The molecule has 0 spiro atoms. The lowest BCUT2D eigenvalue weighted by Gasteiger charge is -2.03. The maximum absolute atomic E-state index is 8.98. The van der Waals surface area contributed by atoms with Crippen LogP contribution in [0.15, 0.2) is 30.8 Å². The molecule has 1 aromatic heterocycles. The Labute approximate surface area is 71.7 Å². The van der Waals surface area contributed by atoms with Crippen LogP contribution in [0.5, 0.6) is 0 Å². The van der Waals surface area contributed by atoms with Gasteiger partial charge in [0.15, 0.2) is 0 Å². The summed E-state index contributed by atoms with van der Waals surface area (Å²) < 4.78 is 1.81. The van der Waals surface area contributed by atoms with Crippen molar-refractivity contribution in [2.45, 2.75) is 13.8 Å². The van der Waals surface area contributed by atoms with Gasteiger partial charge in [-0.25, -0.2) is 4.98 Å². The molecule has 1 N–H and O–H groups in total. The second-order valence-electron chi connectivity index (χ2n) is 2.62. The van der Waals surface area contributed by atoms with Crippen molar-refractivity contribution in [3.8, 4) is 0 Å². The van der Waals surface area contributed by atoms with Gasteiger partial charge < -0.3 is 9.67 Å². The smallest absolute Gasteiger partial charge is 0.110 e. The van der Waals surface area contributed by atoms with Crippen molar-refractivity contribution < 1.29 is 5.11 Å². The molecule has 3 nitrogen and oxygen atoms in total. The van der Waals surface area contributed by atoms with Gasteiger partial charge in [0.25, 0.3) is 0 Å². The Morgan fingerprint density at radius 2 is 2.42 bits per heavy atom. The second-order valence-corrected chi connectivity index (χ2v) is 2.62. The minimum atomic E-state index is 0.244. The Balaban J connectivity index is 2.93. The summed E-state index contributed by atoms with van der Waals surface area (Å²) in [5.74, 6) is 1.10. The largest absolute Gasteiger partial charge is 0.513 e. The Hall–Kier alpha value is -1.51. The normalized spacial score (nSPS) is 11.7. The van der Waals surface area contributed by atoms with Crippen LogP contribution >= 0.6 is 0 Å². The van der Waals surface area contributed by atoms with Crippen LogP contribution in [0.1, 0.15) is 12.7 Å². The molecule has 1 heterocycles. The third-order valence-corrected chi connectivity index (χ3v) is 1.51. The molecule has 0 aromatic carbocycles. The Bertz CT molecular complexity index is 319. The molecular formula is C9H12N2O. The molecule has 0 fully saturated rings. The zero-order valence-corrected chi connectivity index (χ0v) is 7.28. The molecule has 0 unspecified atom stereocenters. The molecule has 1 rings (SSSR count). The van der Waals surface area contributed by atoms with Crippen molar-refractivity contribution in [3.63, 3.8) is 0 Å². The minimum Gasteiger partial charge on any atom is -0.513 e. The molecule has 0 aliphatic rings. The van der Waals surface area contributed by atoms with Gasteiger partial charge in [-0.3, -0.25) is 0 Å². The monoisotopic (exact) mass is 164 g/mol. The van der Waals surface area contributed by atoms with Gasteiger partial charge in [-0.05, 0) is 19.9 Å². The molecule has 3 heteroatoms. The average molecular weight is 164 g/mol. The summed E-state index contributed by atoms with van der Waals surface area (Å²) >= 11 is 0. The maximum Gasteiger partial charge on any atom is 0.110 e. The lowest BCUT2D eigenvalue weighted by molar-refractivity contribution is 0.414. The quantitative estimate of drug-likeness (QED) is 0.537. The lowest BCUT2D eigenvalue weighted by atomic mass is 10.4. The predicted molar refractivity (Wildman–Crippen MR) is 48.7 cm³/mol. The Morgan fingerprint density at radius 1 is 1.75 bits per heavy atom. The van der Waals surface area contributed by atoms with E-state index in [4.69, 9.17) is 5.11 Å². The van der Waals surface area contributed by atoms with E-state index in [1.807, 2.05) is 6.92 Å². The summed E-state index contributed by atoms with van der Waals surface area (Å²) in [6.07, 6.45) is 5.09. The van der Waals surface area contributed by atoms with Crippen LogP contribution in [0.3, 0.4) is 0 Å². The second kappa shape index (κ2) is 3.26. The van der Waals surface area contributed by atoms with E-state index in [-0.39, 0.29) is 5.76 Å². The van der Waals surface area contributed by atoms with Crippen molar-refractivity contribution in [2.24, 2.45) is 0 Å². The van der Waals surface area contributed by atoms with Gasteiger partial charge in [-0.1, -0.05) is 6.58 Å². The standard InChI is InChI=1S/C9H12N2O/c1-7(6-8(2)12)11-5-4-10-9(11)3/h4-6,12H,1H2,2-3H3/b8-6+. The third-order valence-electron chi connectivity index (χ3n) is 1.51. The number of hydrogen-bond acceptors (Lipinski definition) is 2. The number of aliphatic hydroxyl groups is 1. The van der Waals surface area contributed by atoms with Crippen molar-refractivity contribution in [1.82, 2.24) is 9.55 Å². The molecule has 0 amide bonds. The first-order chi connectivity index (χ1) is 5.61. The van der Waals surface area contributed by atoms with E-state index in [0.717, 1.165) is 5.82 Å². The Kier molecular flexibility index (Phi) is 2.33. The van der Waals surface area contributed by atoms with Gasteiger partial charge in [-0.2, -0.15) is 0 Å². The predicted octanol–water partition coefficient (Wildman–Crippen LogP) is 2.12. The topological polar surface area (TPSA) is 38.0 Å². The molecule has 1 aromatic rings. The van der Waals surface area contributed by atoms with Gasteiger partial charge >= 0.3 is 0 Å². The highest BCUT2D eigenvalue weighted by atomic mass is 16.3. The van der Waals surface area contributed by atoms with E-state index in [9.17, 15) is 0 Å². The van der Waals surface area contributed by atoms with Crippen molar-refractivity contribution in [1.29, 1.82) is 0 Å². The Morgan fingerprint density at radius 3 is 2.83 bits per heavy atom. The molecule has 0 radical (unpaired) electrons. The van der Waals surface area contributed by atoms with Crippen molar-refractivity contribution in [2.75, 3.05) is 0 Å². The van der Waals surface area contributed by atoms with Crippen LogP contribution in [0.4, 0.5) is 0 Å². The molecule has 12 heavy (non-hydrogen) atoms. The fourth-order valence-corrected chi connectivity index (χ4v) is 0.992. The van der Waals surface area contributed by atoms with Gasteiger partial charge in [-0.15, -0.1) is 0 Å². The van der Waals surface area contributed by atoms with Crippen molar-refractivity contribution in [3.05, 3.63) is 36.6 Å². The van der Waals surface area contributed by atoms with Crippen LogP contribution < -0.4 is 0 Å². The number of aryl methyl sites for hydroxylation is 1.